The van der Waals surface area contributed by atoms with Crippen molar-refractivity contribution in [3.05, 3.63) is 6.33 Å². The molecule has 1 N–H and O–H groups in total. The second-order valence-electron chi connectivity index (χ2n) is 6.73. The number of likely N-dealkylation sites (tertiary alicyclic amines) is 1. The fraction of sp³-hybridized carbons (Fsp3) is 0.750. The van der Waals surface area contributed by atoms with Gasteiger partial charge in [0.15, 0.2) is 5.16 Å². The SMILES string of the molecule is CC(Sc1nncn1C)C(=O)N[C@H]1CC[C@@H](C(=O)N2CCCC2)C1. The van der Waals surface area contributed by atoms with E-state index in [0.29, 0.717) is 0 Å². The van der Waals surface area contributed by atoms with Crippen molar-refractivity contribution in [2.75, 3.05) is 13.1 Å². The number of aryl methyl sites for hydroxylation is 1. The van der Waals surface area contributed by atoms with Gasteiger partial charge in [0, 0.05) is 32.1 Å². The van der Waals surface area contributed by atoms with Crippen molar-refractivity contribution in [1.29, 1.82) is 0 Å². The summed E-state index contributed by atoms with van der Waals surface area (Å²) in [6, 6.07) is 0.108. The number of nitrogens with one attached hydrogen (secondary N) is 1. The summed E-state index contributed by atoms with van der Waals surface area (Å²) in [4.78, 5) is 26.8. The van der Waals surface area contributed by atoms with E-state index in [2.05, 4.69) is 15.5 Å². The summed E-state index contributed by atoms with van der Waals surface area (Å²) in [6.45, 7) is 3.67. The van der Waals surface area contributed by atoms with Crippen LogP contribution in [0.1, 0.15) is 39.0 Å². The molecule has 3 rings (SSSR count). The number of nitrogens with zero attached hydrogens (tertiary/aromatic N) is 4. The minimum Gasteiger partial charge on any atom is -0.352 e. The van der Waals surface area contributed by atoms with Gasteiger partial charge in [0.1, 0.15) is 6.33 Å². The van der Waals surface area contributed by atoms with Gasteiger partial charge in [-0.25, -0.2) is 0 Å². The van der Waals surface area contributed by atoms with Crippen molar-refractivity contribution in [3.8, 4) is 0 Å². The average Bonchev–Trinajstić information content (AvgIpc) is 3.29. The van der Waals surface area contributed by atoms with Crippen LogP contribution in [0.3, 0.4) is 0 Å². The fourth-order valence-corrected chi connectivity index (χ4v) is 4.24. The molecule has 0 spiro atoms. The number of rotatable bonds is 5. The molecule has 0 bridgehead atoms. The summed E-state index contributed by atoms with van der Waals surface area (Å²) >= 11 is 1.40. The molecule has 0 radical (unpaired) electrons. The highest BCUT2D eigenvalue weighted by molar-refractivity contribution is 8.00. The summed E-state index contributed by atoms with van der Waals surface area (Å²) in [7, 11) is 1.86. The van der Waals surface area contributed by atoms with Gasteiger partial charge in [0.25, 0.3) is 0 Å². The van der Waals surface area contributed by atoms with Gasteiger partial charge >= 0.3 is 0 Å². The Morgan fingerprint density at radius 2 is 2.08 bits per heavy atom. The average molecular weight is 351 g/mol. The van der Waals surface area contributed by atoms with E-state index in [1.54, 1.807) is 10.9 Å². The van der Waals surface area contributed by atoms with Crippen molar-refractivity contribution >= 4 is 23.6 Å². The highest BCUT2D eigenvalue weighted by Crippen LogP contribution is 2.29. The highest BCUT2D eigenvalue weighted by Gasteiger charge is 2.34. The first kappa shape index (κ1) is 17.3. The Kier molecular flexibility index (Phi) is 5.43. The molecule has 2 fully saturated rings. The van der Waals surface area contributed by atoms with Crippen molar-refractivity contribution < 1.29 is 9.59 Å². The monoisotopic (exact) mass is 351 g/mol. The molecule has 1 saturated carbocycles. The van der Waals surface area contributed by atoms with Crippen molar-refractivity contribution in [1.82, 2.24) is 25.0 Å². The lowest BCUT2D eigenvalue weighted by Gasteiger charge is -2.20. The lowest BCUT2D eigenvalue weighted by molar-refractivity contribution is -0.134. The predicted octanol–water partition coefficient (Wildman–Crippen LogP) is 1.20. The maximum absolute atomic E-state index is 12.5. The smallest absolute Gasteiger partial charge is 0.233 e. The van der Waals surface area contributed by atoms with Crippen LogP contribution in [0.15, 0.2) is 11.5 Å². The predicted molar refractivity (Wildman–Crippen MR) is 91.4 cm³/mol. The van der Waals surface area contributed by atoms with Crippen LogP contribution < -0.4 is 5.32 Å². The van der Waals surface area contributed by atoms with Crippen LogP contribution in [0.4, 0.5) is 0 Å². The van der Waals surface area contributed by atoms with Gasteiger partial charge in [-0.3, -0.25) is 9.59 Å². The first-order valence-corrected chi connectivity index (χ1v) is 9.52. The van der Waals surface area contributed by atoms with Crippen LogP contribution in [0.2, 0.25) is 0 Å². The van der Waals surface area contributed by atoms with Gasteiger partial charge in [0.05, 0.1) is 5.25 Å². The molecule has 8 heteroatoms. The topological polar surface area (TPSA) is 80.1 Å². The first-order valence-electron chi connectivity index (χ1n) is 8.64. The molecule has 1 saturated heterocycles. The molecule has 1 aliphatic carbocycles. The molecule has 24 heavy (non-hydrogen) atoms. The molecule has 1 unspecified atom stereocenters. The van der Waals surface area contributed by atoms with Gasteiger partial charge < -0.3 is 14.8 Å². The molecule has 1 aliphatic heterocycles. The lowest BCUT2D eigenvalue weighted by Crippen LogP contribution is -2.39. The van der Waals surface area contributed by atoms with Crippen LogP contribution in [0.25, 0.3) is 0 Å². The zero-order valence-electron chi connectivity index (χ0n) is 14.3. The Morgan fingerprint density at radius 1 is 1.33 bits per heavy atom. The Labute approximate surface area is 146 Å². The fourth-order valence-electron chi connectivity index (χ4n) is 3.44. The molecule has 2 heterocycles. The van der Waals surface area contributed by atoms with Gasteiger partial charge in [-0.2, -0.15) is 0 Å². The molecular formula is C16H25N5O2S. The van der Waals surface area contributed by atoms with Gasteiger partial charge in [-0.1, -0.05) is 11.8 Å². The lowest BCUT2D eigenvalue weighted by atomic mass is 10.1. The van der Waals surface area contributed by atoms with E-state index >= 15 is 0 Å². The van der Waals surface area contributed by atoms with Crippen LogP contribution in [0, 0.1) is 5.92 Å². The van der Waals surface area contributed by atoms with E-state index in [0.717, 1.165) is 50.4 Å². The summed E-state index contributed by atoms with van der Waals surface area (Å²) in [6.07, 6.45) is 6.40. The molecular weight excluding hydrogens is 326 g/mol. The third-order valence-corrected chi connectivity index (χ3v) is 6.02. The zero-order valence-corrected chi connectivity index (χ0v) is 15.1. The third kappa shape index (κ3) is 3.91. The Balaban J connectivity index is 1.47. The van der Waals surface area contributed by atoms with Gasteiger partial charge in [0.2, 0.25) is 11.8 Å². The quantitative estimate of drug-likeness (QED) is 0.807. The normalized spacial score (nSPS) is 25.0. The van der Waals surface area contributed by atoms with Crippen molar-refractivity contribution in [2.24, 2.45) is 13.0 Å². The molecule has 2 aliphatic rings. The minimum atomic E-state index is -0.235. The standard InChI is InChI=1S/C16H25N5O2S/c1-11(24-16-19-17-10-20(16)2)14(22)18-13-6-5-12(9-13)15(23)21-7-3-4-8-21/h10-13H,3-9H2,1-2H3,(H,18,22)/t11?,12-,13+/m1/s1. The van der Waals surface area contributed by atoms with Crippen molar-refractivity contribution in [2.45, 2.75) is 55.5 Å². The number of carbonyl (C=O) groups is 2. The second kappa shape index (κ2) is 7.55. The maximum Gasteiger partial charge on any atom is 0.233 e. The molecule has 1 aromatic rings. The Hall–Kier alpha value is -1.57. The summed E-state index contributed by atoms with van der Waals surface area (Å²) in [5.41, 5.74) is 0. The van der Waals surface area contributed by atoms with Crippen LogP contribution in [0.5, 0.6) is 0 Å². The van der Waals surface area contributed by atoms with Crippen molar-refractivity contribution in [3.63, 3.8) is 0 Å². The Morgan fingerprint density at radius 3 is 2.75 bits per heavy atom. The molecule has 0 aromatic carbocycles. The van der Waals surface area contributed by atoms with Crippen LogP contribution in [-0.4, -0.2) is 55.9 Å². The molecule has 7 nitrogen and oxygen atoms in total. The maximum atomic E-state index is 12.5. The van der Waals surface area contributed by atoms with E-state index in [4.69, 9.17) is 0 Å². The summed E-state index contributed by atoms with van der Waals surface area (Å²) < 4.78 is 1.80. The van der Waals surface area contributed by atoms with Crippen LogP contribution >= 0.6 is 11.8 Å². The number of amides is 2. The van der Waals surface area contributed by atoms with Gasteiger partial charge in [-0.05, 0) is 39.0 Å². The van der Waals surface area contributed by atoms with E-state index in [9.17, 15) is 9.59 Å². The van der Waals surface area contributed by atoms with Gasteiger partial charge in [-0.15, -0.1) is 10.2 Å². The number of hydrogen-bond donors (Lipinski definition) is 1. The highest BCUT2D eigenvalue weighted by atomic mass is 32.2. The molecule has 132 valence electrons. The summed E-state index contributed by atoms with van der Waals surface area (Å²) in [5.74, 6) is 0.364. The second-order valence-corrected chi connectivity index (χ2v) is 8.04. The number of hydrogen-bond acceptors (Lipinski definition) is 5. The first-order chi connectivity index (χ1) is 11.5. The number of carbonyl (C=O) groups excluding carboxylic acids is 2. The van der Waals surface area contributed by atoms with E-state index < -0.39 is 0 Å². The minimum absolute atomic E-state index is 0.00210. The molecule has 3 atom stereocenters. The van der Waals surface area contributed by atoms with Crippen LogP contribution in [-0.2, 0) is 16.6 Å². The largest absolute Gasteiger partial charge is 0.352 e. The van der Waals surface area contributed by atoms with E-state index in [1.165, 1.54) is 11.8 Å². The Bertz CT molecular complexity index is 599. The molecule has 1 aromatic heterocycles. The zero-order chi connectivity index (χ0) is 17.1. The van der Waals surface area contributed by atoms with E-state index in [-0.39, 0.29) is 29.0 Å². The third-order valence-electron chi connectivity index (χ3n) is 4.87. The number of thioether (sulfide) groups is 1. The van der Waals surface area contributed by atoms with E-state index in [1.807, 2.05) is 18.9 Å². The summed E-state index contributed by atoms with van der Waals surface area (Å²) in [5, 5.41) is 11.4. The number of aromatic nitrogens is 3. The molecule has 2 amide bonds.